The van der Waals surface area contributed by atoms with Gasteiger partial charge in [-0.05, 0) is 18.2 Å². The van der Waals surface area contributed by atoms with E-state index in [1.54, 1.807) is 0 Å². The Bertz CT molecular complexity index is 548. The summed E-state index contributed by atoms with van der Waals surface area (Å²) in [4.78, 5) is 24.4. The minimum Gasteiger partial charge on any atom is -0.494 e. The van der Waals surface area contributed by atoms with Crippen LogP contribution in [0, 0.1) is 5.82 Å². The van der Waals surface area contributed by atoms with E-state index in [2.05, 4.69) is 0 Å². The van der Waals surface area contributed by atoms with Gasteiger partial charge in [0.15, 0.2) is 11.6 Å². The molecule has 0 radical (unpaired) electrons. The number of carbonyl (C=O) groups is 2. The van der Waals surface area contributed by atoms with Crippen LogP contribution in [0.2, 0.25) is 0 Å². The summed E-state index contributed by atoms with van der Waals surface area (Å²) in [7, 11) is 1.27. The third-order valence-electron chi connectivity index (χ3n) is 3.22. The van der Waals surface area contributed by atoms with Crippen LogP contribution in [0.25, 0.3) is 0 Å². The molecular weight excluding hydrogens is 269 g/mol. The number of aliphatic hydroxyl groups excluding tert-OH is 1. The fourth-order valence-electron chi connectivity index (χ4n) is 2.23. The van der Waals surface area contributed by atoms with Crippen molar-refractivity contribution in [1.82, 2.24) is 4.90 Å². The van der Waals surface area contributed by atoms with Crippen LogP contribution in [0.3, 0.4) is 0 Å². The van der Waals surface area contributed by atoms with Gasteiger partial charge in [0, 0.05) is 18.5 Å². The van der Waals surface area contributed by atoms with Gasteiger partial charge in [-0.2, -0.15) is 0 Å². The summed E-state index contributed by atoms with van der Waals surface area (Å²) in [5.41, 5.74) is 0.114. The highest BCUT2D eigenvalue weighted by atomic mass is 19.1. The number of ether oxygens (including phenoxy) is 1. The van der Waals surface area contributed by atoms with Gasteiger partial charge < -0.3 is 19.8 Å². The van der Waals surface area contributed by atoms with Gasteiger partial charge in [-0.3, -0.25) is 4.79 Å². The minimum atomic E-state index is -1.18. The number of carboxylic acids is 1. The molecule has 6 nitrogen and oxygen atoms in total. The van der Waals surface area contributed by atoms with Gasteiger partial charge in [-0.15, -0.1) is 0 Å². The molecule has 1 heterocycles. The second-order valence-corrected chi connectivity index (χ2v) is 4.55. The van der Waals surface area contributed by atoms with Crippen molar-refractivity contribution in [3.8, 4) is 5.75 Å². The molecule has 0 aromatic heterocycles. The molecule has 2 atom stereocenters. The average Bonchev–Trinajstić information content (AvgIpc) is 2.81. The lowest BCUT2D eigenvalue weighted by Gasteiger charge is -2.21. The number of aliphatic hydroxyl groups is 1. The fourth-order valence-corrected chi connectivity index (χ4v) is 2.23. The molecule has 0 unspecified atom stereocenters. The number of rotatable bonds is 3. The zero-order chi connectivity index (χ0) is 14.9. The highest BCUT2D eigenvalue weighted by molar-refractivity contribution is 5.97. The SMILES string of the molecule is COc1cc(C(=O)N2C[C@H](O)C[C@@H]2C(=O)O)ccc1F. The normalized spacial score (nSPS) is 21.9. The summed E-state index contributed by atoms with van der Waals surface area (Å²) in [6.45, 7) is -0.0600. The molecule has 2 N–H and O–H groups in total. The maximum atomic E-state index is 13.3. The Morgan fingerprint density at radius 2 is 2.15 bits per heavy atom. The quantitative estimate of drug-likeness (QED) is 0.843. The van der Waals surface area contributed by atoms with E-state index in [1.165, 1.54) is 19.2 Å². The van der Waals surface area contributed by atoms with Gasteiger partial charge >= 0.3 is 5.97 Å². The number of likely N-dealkylation sites (tertiary alicyclic amines) is 1. The summed E-state index contributed by atoms with van der Waals surface area (Å²) in [6, 6.07) is 2.47. The molecular formula is C13H14FNO5. The van der Waals surface area contributed by atoms with Crippen LogP contribution in [-0.2, 0) is 4.79 Å². The lowest BCUT2D eigenvalue weighted by Crippen LogP contribution is -2.40. The van der Waals surface area contributed by atoms with Gasteiger partial charge in [-0.25, -0.2) is 9.18 Å². The molecule has 0 spiro atoms. The highest BCUT2D eigenvalue weighted by Gasteiger charge is 2.39. The Labute approximate surface area is 114 Å². The summed E-state index contributed by atoms with van der Waals surface area (Å²) < 4.78 is 18.1. The molecule has 108 valence electrons. The Balaban J connectivity index is 2.28. The average molecular weight is 283 g/mol. The summed E-state index contributed by atoms with van der Waals surface area (Å²) in [5, 5.41) is 18.6. The molecule has 1 fully saturated rings. The lowest BCUT2D eigenvalue weighted by atomic mass is 10.1. The van der Waals surface area contributed by atoms with E-state index in [9.17, 15) is 19.1 Å². The molecule has 7 heteroatoms. The number of β-amino-alcohol motifs (C(OH)–C–C–N with tert-alkyl or cyclic N) is 1. The third-order valence-corrected chi connectivity index (χ3v) is 3.22. The molecule has 0 aliphatic carbocycles. The zero-order valence-corrected chi connectivity index (χ0v) is 10.7. The van der Waals surface area contributed by atoms with Crippen molar-refractivity contribution >= 4 is 11.9 Å². The van der Waals surface area contributed by atoms with Gasteiger partial charge in [-0.1, -0.05) is 0 Å². The topological polar surface area (TPSA) is 87.1 Å². The van der Waals surface area contributed by atoms with Gasteiger partial charge in [0.1, 0.15) is 6.04 Å². The summed E-state index contributed by atoms with van der Waals surface area (Å²) in [6.07, 6.45) is -0.887. The number of carbonyl (C=O) groups excluding carboxylic acids is 1. The van der Waals surface area contributed by atoms with Crippen molar-refractivity contribution in [2.45, 2.75) is 18.6 Å². The van der Waals surface area contributed by atoms with Crippen molar-refractivity contribution in [2.75, 3.05) is 13.7 Å². The van der Waals surface area contributed by atoms with Crippen LogP contribution in [-0.4, -0.2) is 52.8 Å². The van der Waals surface area contributed by atoms with E-state index < -0.39 is 29.8 Å². The standard InChI is InChI=1S/C13H14FNO5/c1-20-11-4-7(2-3-9(11)14)12(17)15-6-8(16)5-10(15)13(18)19/h2-4,8,10,16H,5-6H2,1H3,(H,18,19)/t8-,10-/m1/s1. The van der Waals surface area contributed by atoms with Crippen LogP contribution in [0.5, 0.6) is 5.75 Å². The van der Waals surface area contributed by atoms with Crippen LogP contribution in [0.4, 0.5) is 4.39 Å². The number of hydrogen-bond acceptors (Lipinski definition) is 4. The summed E-state index contributed by atoms with van der Waals surface area (Å²) >= 11 is 0. The number of methoxy groups -OCH3 is 1. The van der Waals surface area contributed by atoms with E-state index in [0.717, 1.165) is 11.0 Å². The molecule has 20 heavy (non-hydrogen) atoms. The third kappa shape index (κ3) is 2.57. The Morgan fingerprint density at radius 1 is 1.45 bits per heavy atom. The van der Waals surface area contributed by atoms with Crippen LogP contribution >= 0.6 is 0 Å². The Morgan fingerprint density at radius 3 is 2.75 bits per heavy atom. The van der Waals surface area contributed by atoms with Crippen molar-refractivity contribution in [3.05, 3.63) is 29.6 Å². The van der Waals surface area contributed by atoms with Crippen LogP contribution in [0.1, 0.15) is 16.8 Å². The van der Waals surface area contributed by atoms with Crippen molar-refractivity contribution in [1.29, 1.82) is 0 Å². The molecule has 2 rings (SSSR count). The minimum absolute atomic E-state index is 0.0145. The lowest BCUT2D eigenvalue weighted by molar-refractivity contribution is -0.141. The van der Waals surface area contributed by atoms with Gasteiger partial charge in [0.05, 0.1) is 13.2 Å². The van der Waals surface area contributed by atoms with E-state index in [-0.39, 0.29) is 24.3 Å². The fraction of sp³-hybridized carbons (Fsp3) is 0.385. The molecule has 1 aromatic carbocycles. The van der Waals surface area contributed by atoms with E-state index >= 15 is 0 Å². The van der Waals surface area contributed by atoms with Crippen molar-refractivity contribution < 1.29 is 28.9 Å². The smallest absolute Gasteiger partial charge is 0.326 e. The van der Waals surface area contributed by atoms with E-state index in [0.29, 0.717) is 0 Å². The number of carboxylic acid groups (broad SMARTS) is 1. The number of amides is 1. The number of benzene rings is 1. The maximum absolute atomic E-state index is 13.3. The number of nitrogens with zero attached hydrogens (tertiary/aromatic N) is 1. The van der Waals surface area contributed by atoms with E-state index in [1.807, 2.05) is 0 Å². The Hall–Kier alpha value is -2.15. The molecule has 1 amide bonds. The molecule has 0 bridgehead atoms. The molecule has 1 aromatic rings. The summed E-state index contributed by atoms with van der Waals surface area (Å²) in [5.74, 6) is -2.46. The zero-order valence-electron chi connectivity index (χ0n) is 10.7. The maximum Gasteiger partial charge on any atom is 0.326 e. The molecule has 1 aliphatic rings. The van der Waals surface area contributed by atoms with Crippen LogP contribution in [0.15, 0.2) is 18.2 Å². The first-order chi connectivity index (χ1) is 9.43. The molecule has 0 saturated carbocycles. The molecule has 1 saturated heterocycles. The van der Waals surface area contributed by atoms with Gasteiger partial charge in [0.25, 0.3) is 5.91 Å². The number of halogens is 1. The molecule has 1 aliphatic heterocycles. The first kappa shape index (κ1) is 14.3. The van der Waals surface area contributed by atoms with Crippen molar-refractivity contribution in [2.24, 2.45) is 0 Å². The largest absolute Gasteiger partial charge is 0.494 e. The van der Waals surface area contributed by atoms with Crippen molar-refractivity contribution in [3.63, 3.8) is 0 Å². The second kappa shape index (κ2) is 5.46. The monoisotopic (exact) mass is 283 g/mol. The second-order valence-electron chi connectivity index (χ2n) is 4.55. The van der Waals surface area contributed by atoms with E-state index in [4.69, 9.17) is 9.84 Å². The van der Waals surface area contributed by atoms with Gasteiger partial charge in [0.2, 0.25) is 0 Å². The first-order valence-corrected chi connectivity index (χ1v) is 5.99. The predicted octanol–water partition coefficient (Wildman–Crippen LogP) is 0.494. The highest BCUT2D eigenvalue weighted by Crippen LogP contribution is 2.24. The van der Waals surface area contributed by atoms with Crippen LogP contribution < -0.4 is 4.74 Å². The predicted molar refractivity (Wildman–Crippen MR) is 66.0 cm³/mol. The first-order valence-electron chi connectivity index (χ1n) is 5.99. The Kier molecular flexibility index (Phi) is 3.89. The number of aliphatic carboxylic acids is 1. The number of hydrogen-bond donors (Lipinski definition) is 2.